The predicted molar refractivity (Wildman–Crippen MR) is 48.5 cm³/mol. The van der Waals surface area contributed by atoms with Crippen molar-refractivity contribution in [3.05, 3.63) is 0 Å². The van der Waals surface area contributed by atoms with Crippen LogP contribution in [0.1, 0.15) is 13.8 Å². The van der Waals surface area contributed by atoms with Crippen molar-refractivity contribution in [2.45, 2.75) is 19.4 Å². The molecule has 0 amide bonds. The van der Waals surface area contributed by atoms with Gasteiger partial charge in [-0.1, -0.05) is 13.8 Å². The molecule has 0 saturated carbocycles. The molecule has 13 heavy (non-hydrogen) atoms. The van der Waals surface area contributed by atoms with Gasteiger partial charge in [-0.15, -0.1) is 0 Å². The summed E-state index contributed by atoms with van der Waals surface area (Å²) in [5.41, 5.74) is -5.04. The Morgan fingerprint density at radius 1 is 1.38 bits per heavy atom. The highest BCUT2D eigenvalue weighted by Gasteiger charge is 2.41. The Kier molecular flexibility index (Phi) is 4.70. The van der Waals surface area contributed by atoms with Crippen LogP contribution in [0.5, 0.6) is 0 Å². The summed E-state index contributed by atoms with van der Waals surface area (Å²) in [6.07, 6.45) is 0. The zero-order valence-corrected chi connectivity index (χ0v) is 8.92. The molecule has 0 heterocycles. The van der Waals surface area contributed by atoms with Crippen LogP contribution in [0.3, 0.4) is 0 Å². The average Bonchev–Trinajstić information content (AvgIpc) is 1.98. The van der Waals surface area contributed by atoms with Crippen molar-refractivity contribution >= 4 is 19.3 Å². The Hall–Kier alpha value is 0.210. The predicted octanol–water partition coefficient (Wildman–Crippen LogP) is 1.25. The number of rotatable bonds is 3. The lowest BCUT2D eigenvalue weighted by atomic mass is 10.7. The molecule has 1 atom stereocenters. The summed E-state index contributed by atoms with van der Waals surface area (Å²) in [5.74, 6) is 0. The van der Waals surface area contributed by atoms with Crippen molar-refractivity contribution in [3.8, 4) is 0 Å². The SMILES string of the molecule is CCN(CC)[SH]=S(=O)(O)C(F)(F)F. The maximum absolute atomic E-state index is 11.9. The summed E-state index contributed by atoms with van der Waals surface area (Å²) in [6.45, 7) is 3.88. The number of thiol groups is 1. The van der Waals surface area contributed by atoms with E-state index in [4.69, 9.17) is 4.55 Å². The number of alkyl halides is 3. The first-order valence-corrected chi connectivity index (χ1v) is 6.52. The molecule has 0 bridgehead atoms. The lowest BCUT2D eigenvalue weighted by Crippen LogP contribution is -2.29. The van der Waals surface area contributed by atoms with Gasteiger partial charge in [0, 0.05) is 13.1 Å². The second-order valence-corrected chi connectivity index (χ2v) is 6.32. The normalized spacial score (nSPS) is 17.5. The molecule has 3 nitrogen and oxygen atoms in total. The average molecular weight is 239 g/mol. The fourth-order valence-corrected chi connectivity index (χ4v) is 3.09. The lowest BCUT2D eigenvalue weighted by molar-refractivity contribution is -0.0453. The molecule has 0 aliphatic rings. The molecule has 0 fully saturated rings. The molecule has 0 saturated heterocycles. The van der Waals surface area contributed by atoms with E-state index >= 15 is 0 Å². The Balaban J connectivity index is 4.92. The fourth-order valence-electron chi connectivity index (χ4n) is 0.542. The summed E-state index contributed by atoms with van der Waals surface area (Å²) < 4.78 is 56.3. The Bertz CT molecular complexity index is 265. The summed E-state index contributed by atoms with van der Waals surface area (Å²) in [5, 5.41) is 0. The number of hydrogen-bond donors (Lipinski definition) is 2. The van der Waals surface area contributed by atoms with Gasteiger partial charge in [-0.2, -0.15) is 13.2 Å². The minimum absolute atomic E-state index is 0.311. The van der Waals surface area contributed by atoms with Gasteiger partial charge < -0.3 is 4.55 Å². The molecule has 0 aliphatic heterocycles. The highest BCUT2D eigenvalue weighted by molar-refractivity contribution is 8.36. The zero-order chi connectivity index (χ0) is 10.7. The van der Waals surface area contributed by atoms with Gasteiger partial charge in [0.05, 0.1) is 0 Å². The van der Waals surface area contributed by atoms with Gasteiger partial charge in [-0.3, -0.25) is 4.31 Å². The number of halogens is 3. The molecule has 0 aromatic heterocycles. The lowest BCUT2D eigenvalue weighted by Gasteiger charge is -2.15. The standard InChI is InChI=1S/C5H12F3NO2S2/c1-3-9(4-2)12-13(10,11)5(6,7)8/h12H,3-4H2,1-2H3,(H,10,11). The van der Waals surface area contributed by atoms with Crippen LogP contribution in [-0.2, 0) is 19.3 Å². The van der Waals surface area contributed by atoms with E-state index in [1.165, 1.54) is 4.31 Å². The van der Waals surface area contributed by atoms with Crippen LogP contribution in [-0.4, -0.2) is 31.7 Å². The summed E-state index contributed by atoms with van der Waals surface area (Å²) in [6, 6.07) is 0. The topological polar surface area (TPSA) is 40.5 Å². The molecule has 0 aromatic carbocycles. The molecule has 82 valence electrons. The van der Waals surface area contributed by atoms with Crippen molar-refractivity contribution in [1.29, 1.82) is 0 Å². The van der Waals surface area contributed by atoms with Crippen molar-refractivity contribution in [2.75, 3.05) is 13.1 Å². The minimum atomic E-state index is -5.04. The molecule has 0 spiro atoms. The molecule has 0 aliphatic carbocycles. The quantitative estimate of drug-likeness (QED) is 0.728. The zero-order valence-electron chi connectivity index (χ0n) is 7.21. The van der Waals surface area contributed by atoms with Gasteiger partial charge in [0.2, 0.25) is 8.77 Å². The van der Waals surface area contributed by atoms with E-state index < -0.39 is 24.8 Å². The van der Waals surface area contributed by atoms with Gasteiger partial charge in [0.25, 0.3) is 0 Å². The summed E-state index contributed by atoms with van der Waals surface area (Å²) in [4.78, 5) is 0. The van der Waals surface area contributed by atoms with Crippen LogP contribution in [0.2, 0.25) is 0 Å². The van der Waals surface area contributed by atoms with E-state index in [0.717, 1.165) is 0 Å². The van der Waals surface area contributed by atoms with Crippen LogP contribution in [0.4, 0.5) is 13.2 Å². The van der Waals surface area contributed by atoms with Crippen LogP contribution >= 0.6 is 0 Å². The molecule has 0 rings (SSSR count). The van der Waals surface area contributed by atoms with Crippen molar-refractivity contribution in [3.63, 3.8) is 0 Å². The van der Waals surface area contributed by atoms with E-state index in [-0.39, 0.29) is 0 Å². The Labute approximate surface area is 78.5 Å². The largest absolute Gasteiger partial charge is 0.493 e. The molecule has 1 unspecified atom stereocenters. The fraction of sp³-hybridized carbons (Fsp3) is 1.00. The van der Waals surface area contributed by atoms with Crippen LogP contribution < -0.4 is 0 Å². The first-order valence-electron chi connectivity index (χ1n) is 3.55. The first kappa shape index (κ1) is 13.2. The first-order chi connectivity index (χ1) is 5.74. The van der Waals surface area contributed by atoms with E-state index in [1.807, 2.05) is 0 Å². The number of hydrogen-bond acceptors (Lipinski definition) is 1. The second kappa shape index (κ2) is 4.63. The van der Waals surface area contributed by atoms with Crippen molar-refractivity contribution in [2.24, 2.45) is 0 Å². The summed E-state index contributed by atoms with van der Waals surface area (Å²) >= 11 is 0. The van der Waals surface area contributed by atoms with Crippen LogP contribution in [0.25, 0.3) is 0 Å². The molecule has 1 N–H and O–H groups in total. The maximum atomic E-state index is 11.9. The second-order valence-electron chi connectivity index (χ2n) is 2.16. The van der Waals surface area contributed by atoms with E-state index in [1.54, 1.807) is 13.8 Å². The van der Waals surface area contributed by atoms with Gasteiger partial charge in [0.1, 0.15) is 0 Å². The monoisotopic (exact) mass is 239 g/mol. The third-order valence-electron chi connectivity index (χ3n) is 1.26. The molecule has 8 heteroatoms. The Morgan fingerprint density at radius 2 is 1.77 bits per heavy atom. The third-order valence-corrected chi connectivity index (χ3v) is 4.86. The van der Waals surface area contributed by atoms with E-state index in [9.17, 15) is 17.4 Å². The number of nitrogens with zero attached hydrogens (tertiary/aromatic N) is 1. The highest BCUT2D eigenvalue weighted by Crippen LogP contribution is 2.23. The maximum Gasteiger partial charge on any atom is 0.493 e. The molecule has 0 radical (unpaired) electrons. The molecular formula is C5H12F3NO2S2. The van der Waals surface area contributed by atoms with Crippen molar-refractivity contribution < 1.29 is 21.9 Å². The van der Waals surface area contributed by atoms with Gasteiger partial charge in [-0.05, 0) is 10.5 Å². The summed E-state index contributed by atoms with van der Waals surface area (Å²) in [7, 11) is -5.35. The van der Waals surface area contributed by atoms with Gasteiger partial charge in [-0.25, -0.2) is 4.21 Å². The minimum Gasteiger partial charge on any atom is -0.302 e. The van der Waals surface area contributed by atoms with Crippen molar-refractivity contribution in [1.82, 2.24) is 4.31 Å². The third kappa shape index (κ3) is 3.84. The van der Waals surface area contributed by atoms with Crippen LogP contribution in [0.15, 0.2) is 0 Å². The van der Waals surface area contributed by atoms with E-state index in [0.29, 0.717) is 13.1 Å². The highest BCUT2D eigenvalue weighted by atomic mass is 32.9. The van der Waals surface area contributed by atoms with E-state index in [2.05, 4.69) is 0 Å². The smallest absolute Gasteiger partial charge is 0.302 e. The van der Waals surface area contributed by atoms with Gasteiger partial charge in [0.15, 0.2) is 0 Å². The van der Waals surface area contributed by atoms with Crippen LogP contribution in [0, 0.1) is 0 Å². The molecular weight excluding hydrogens is 227 g/mol. The molecule has 0 aromatic rings. The Morgan fingerprint density at radius 3 is 2.00 bits per heavy atom. The van der Waals surface area contributed by atoms with Gasteiger partial charge >= 0.3 is 5.51 Å².